The second-order valence-corrected chi connectivity index (χ2v) is 7.51. The topological polar surface area (TPSA) is 32.7 Å². The molecule has 22 heavy (non-hydrogen) atoms. The number of aliphatic hydroxyl groups excluding tert-OH is 1. The summed E-state index contributed by atoms with van der Waals surface area (Å²) >= 11 is 0. The van der Waals surface area contributed by atoms with Gasteiger partial charge in [0.25, 0.3) is 0 Å². The highest BCUT2D eigenvalue weighted by atomic mass is 35.5. The number of rotatable bonds is 5. The molecule has 0 saturated carbocycles. The van der Waals surface area contributed by atoms with Gasteiger partial charge in [0, 0.05) is 17.6 Å². The van der Waals surface area contributed by atoms with Crippen molar-refractivity contribution in [2.45, 2.75) is 64.6 Å². The van der Waals surface area contributed by atoms with Crippen LogP contribution >= 0.6 is 12.4 Å². The summed E-state index contributed by atoms with van der Waals surface area (Å²) in [6.07, 6.45) is 1.87. The van der Waals surface area contributed by atoms with Crippen molar-refractivity contribution in [1.29, 1.82) is 0 Å². The van der Waals surface area contributed by atoms with Crippen LogP contribution in [-0.4, -0.2) is 40.3 Å². The van der Waals surface area contributed by atoms with Gasteiger partial charge in [-0.1, -0.05) is 17.7 Å². The zero-order valence-electron chi connectivity index (χ0n) is 14.4. The van der Waals surface area contributed by atoms with Crippen LogP contribution in [0.15, 0.2) is 24.3 Å². The number of halogens is 1. The second-order valence-electron chi connectivity index (χ2n) is 7.51. The lowest BCUT2D eigenvalue weighted by Crippen LogP contribution is -2.52. The molecule has 1 aliphatic rings. The standard InChI is InChI=1S/C18H29NO2.ClH/c1-14-6-8-16(9-7-14)21-13-15(20)12-19-17(2,3)10-11-18(19,4)5;/h6-9,15,20H,10-13H2,1-5H3;1H. The maximum absolute atomic E-state index is 10.3. The number of hydrogen-bond donors (Lipinski definition) is 1. The lowest BCUT2D eigenvalue weighted by Gasteiger charge is -2.41. The number of hydrogen-bond acceptors (Lipinski definition) is 3. The number of aliphatic hydroxyl groups is 1. The van der Waals surface area contributed by atoms with E-state index in [0.29, 0.717) is 13.2 Å². The summed E-state index contributed by atoms with van der Waals surface area (Å²) in [6, 6.07) is 7.94. The molecule has 1 heterocycles. The van der Waals surface area contributed by atoms with Crippen molar-refractivity contribution < 1.29 is 9.84 Å². The molecule has 0 radical (unpaired) electrons. The SMILES string of the molecule is Cc1ccc(OCC(O)CN2C(C)(C)CCC2(C)C)cc1.Cl. The average Bonchev–Trinajstić information content (AvgIpc) is 2.61. The molecule has 2 rings (SSSR count). The molecule has 1 aromatic carbocycles. The molecule has 0 aliphatic carbocycles. The first kappa shape index (κ1) is 19.3. The Kier molecular flexibility index (Phi) is 6.31. The van der Waals surface area contributed by atoms with E-state index in [9.17, 15) is 5.11 Å². The minimum Gasteiger partial charge on any atom is -0.491 e. The van der Waals surface area contributed by atoms with Crippen molar-refractivity contribution in [3.63, 3.8) is 0 Å². The van der Waals surface area contributed by atoms with Gasteiger partial charge in [0.05, 0.1) is 0 Å². The minimum absolute atomic E-state index is 0. The van der Waals surface area contributed by atoms with Crippen molar-refractivity contribution in [3.05, 3.63) is 29.8 Å². The van der Waals surface area contributed by atoms with E-state index in [1.54, 1.807) is 0 Å². The fraction of sp³-hybridized carbons (Fsp3) is 0.667. The number of ether oxygens (including phenoxy) is 1. The number of benzene rings is 1. The maximum atomic E-state index is 10.3. The summed E-state index contributed by atoms with van der Waals surface area (Å²) < 4.78 is 5.69. The summed E-state index contributed by atoms with van der Waals surface area (Å²) in [5.74, 6) is 0.819. The Morgan fingerprint density at radius 3 is 2.09 bits per heavy atom. The summed E-state index contributed by atoms with van der Waals surface area (Å²) in [6.45, 7) is 12.1. The Morgan fingerprint density at radius 2 is 1.59 bits per heavy atom. The normalized spacial score (nSPS) is 21.2. The van der Waals surface area contributed by atoms with Crippen LogP contribution in [0.25, 0.3) is 0 Å². The van der Waals surface area contributed by atoms with E-state index >= 15 is 0 Å². The molecule has 1 atom stereocenters. The zero-order chi connectivity index (χ0) is 15.7. The molecule has 0 aromatic heterocycles. The van der Waals surface area contributed by atoms with Gasteiger partial charge in [0.1, 0.15) is 18.5 Å². The van der Waals surface area contributed by atoms with Crippen LogP contribution in [0, 0.1) is 6.92 Å². The van der Waals surface area contributed by atoms with Crippen molar-refractivity contribution >= 4 is 12.4 Å². The molecule has 0 spiro atoms. The van der Waals surface area contributed by atoms with E-state index in [-0.39, 0.29) is 23.5 Å². The summed E-state index contributed by atoms with van der Waals surface area (Å²) in [5, 5.41) is 10.3. The summed E-state index contributed by atoms with van der Waals surface area (Å²) in [7, 11) is 0. The van der Waals surface area contributed by atoms with Crippen LogP contribution in [0.5, 0.6) is 5.75 Å². The van der Waals surface area contributed by atoms with E-state index < -0.39 is 6.10 Å². The van der Waals surface area contributed by atoms with E-state index in [1.165, 1.54) is 18.4 Å². The number of aryl methyl sites for hydroxylation is 1. The van der Waals surface area contributed by atoms with Crippen LogP contribution in [0.1, 0.15) is 46.1 Å². The number of β-amino-alcohol motifs (C(OH)–C–C–N with tert-alkyl or cyclic N) is 1. The summed E-state index contributed by atoms with van der Waals surface area (Å²) in [4.78, 5) is 2.42. The van der Waals surface area contributed by atoms with Gasteiger partial charge in [0.15, 0.2) is 0 Å². The molecule has 126 valence electrons. The third-order valence-corrected chi connectivity index (χ3v) is 4.67. The Morgan fingerprint density at radius 1 is 1.09 bits per heavy atom. The molecule has 1 unspecified atom stereocenters. The van der Waals surface area contributed by atoms with Crippen molar-refractivity contribution in [3.8, 4) is 5.75 Å². The van der Waals surface area contributed by atoms with Crippen LogP contribution in [0.2, 0.25) is 0 Å². The third-order valence-electron chi connectivity index (χ3n) is 4.67. The lowest BCUT2D eigenvalue weighted by atomic mass is 10.0. The van der Waals surface area contributed by atoms with E-state index in [2.05, 4.69) is 39.5 Å². The Bertz CT molecular complexity index is 454. The molecule has 1 fully saturated rings. The van der Waals surface area contributed by atoms with Gasteiger partial charge in [-0.3, -0.25) is 4.90 Å². The third kappa shape index (κ3) is 4.61. The predicted molar refractivity (Wildman–Crippen MR) is 94.0 cm³/mol. The van der Waals surface area contributed by atoms with Gasteiger partial charge in [-0.2, -0.15) is 0 Å². The van der Waals surface area contributed by atoms with Crippen molar-refractivity contribution in [2.24, 2.45) is 0 Å². The Labute approximate surface area is 141 Å². The molecule has 1 aliphatic heterocycles. The van der Waals surface area contributed by atoms with Crippen LogP contribution in [0.4, 0.5) is 0 Å². The maximum Gasteiger partial charge on any atom is 0.119 e. The van der Waals surface area contributed by atoms with Crippen LogP contribution in [0.3, 0.4) is 0 Å². The van der Waals surface area contributed by atoms with Crippen LogP contribution < -0.4 is 4.74 Å². The quantitative estimate of drug-likeness (QED) is 0.892. The number of likely N-dealkylation sites (tertiary alicyclic amines) is 1. The van der Waals surface area contributed by atoms with Gasteiger partial charge in [0.2, 0.25) is 0 Å². The molecule has 1 saturated heterocycles. The molecule has 1 N–H and O–H groups in total. The van der Waals surface area contributed by atoms with Crippen molar-refractivity contribution in [2.75, 3.05) is 13.2 Å². The van der Waals surface area contributed by atoms with Crippen LogP contribution in [-0.2, 0) is 0 Å². The first-order valence-electron chi connectivity index (χ1n) is 7.86. The first-order valence-corrected chi connectivity index (χ1v) is 7.86. The average molecular weight is 328 g/mol. The Balaban J connectivity index is 0.00000242. The predicted octanol–water partition coefficient (Wildman–Crippen LogP) is 3.81. The van der Waals surface area contributed by atoms with E-state index in [4.69, 9.17) is 4.74 Å². The monoisotopic (exact) mass is 327 g/mol. The largest absolute Gasteiger partial charge is 0.491 e. The van der Waals surface area contributed by atoms with Gasteiger partial charge in [-0.15, -0.1) is 12.4 Å². The lowest BCUT2D eigenvalue weighted by molar-refractivity contribution is 0.00531. The minimum atomic E-state index is -0.469. The number of nitrogens with zero attached hydrogens (tertiary/aromatic N) is 1. The first-order chi connectivity index (χ1) is 9.71. The highest BCUT2D eigenvalue weighted by Gasteiger charge is 2.44. The Hall–Kier alpha value is -0.770. The van der Waals surface area contributed by atoms with Crippen molar-refractivity contribution in [1.82, 2.24) is 4.90 Å². The van der Waals surface area contributed by atoms with Gasteiger partial charge in [-0.05, 0) is 59.6 Å². The highest BCUT2D eigenvalue weighted by molar-refractivity contribution is 5.85. The van der Waals surface area contributed by atoms with E-state index in [1.807, 2.05) is 24.3 Å². The highest BCUT2D eigenvalue weighted by Crippen LogP contribution is 2.40. The zero-order valence-corrected chi connectivity index (χ0v) is 15.2. The fourth-order valence-electron chi connectivity index (χ4n) is 3.29. The molecule has 0 amide bonds. The molecular weight excluding hydrogens is 298 g/mol. The molecule has 0 bridgehead atoms. The second kappa shape index (κ2) is 7.20. The molecule has 4 heteroatoms. The fourth-order valence-corrected chi connectivity index (χ4v) is 3.29. The van der Waals surface area contributed by atoms with Gasteiger partial charge in [-0.25, -0.2) is 0 Å². The molecule has 3 nitrogen and oxygen atoms in total. The van der Waals surface area contributed by atoms with Gasteiger partial charge < -0.3 is 9.84 Å². The summed E-state index contributed by atoms with van der Waals surface area (Å²) in [5.41, 5.74) is 1.51. The smallest absolute Gasteiger partial charge is 0.119 e. The molecular formula is C18H30ClNO2. The van der Waals surface area contributed by atoms with Gasteiger partial charge >= 0.3 is 0 Å². The molecule has 1 aromatic rings. The van der Waals surface area contributed by atoms with E-state index in [0.717, 1.165) is 5.75 Å².